The van der Waals surface area contributed by atoms with E-state index in [1.165, 1.54) is 11.8 Å². The summed E-state index contributed by atoms with van der Waals surface area (Å²) in [7, 11) is 0. The van der Waals surface area contributed by atoms with Gasteiger partial charge in [-0.25, -0.2) is 0 Å². The van der Waals surface area contributed by atoms with Crippen molar-refractivity contribution in [3.05, 3.63) is 59.2 Å². The summed E-state index contributed by atoms with van der Waals surface area (Å²) in [6.07, 6.45) is 0. The first-order valence-corrected chi connectivity index (χ1v) is 7.60. The molecule has 0 aromatic heterocycles. The number of carbonyl (C=O) groups excluding carboxylic acids is 2. The molecule has 2 amide bonds. The highest BCUT2D eigenvalue weighted by Crippen LogP contribution is 2.21. The summed E-state index contributed by atoms with van der Waals surface area (Å²) in [4.78, 5) is 25.8. The fourth-order valence-corrected chi connectivity index (χ4v) is 2.45. The molecule has 23 heavy (non-hydrogen) atoms. The van der Waals surface area contributed by atoms with Gasteiger partial charge in [-0.3, -0.25) is 9.59 Å². The lowest BCUT2D eigenvalue weighted by atomic mass is 10.1. The van der Waals surface area contributed by atoms with Crippen LogP contribution in [0.2, 0.25) is 0 Å². The first-order chi connectivity index (χ1) is 10.9. The van der Waals surface area contributed by atoms with E-state index in [1.54, 1.807) is 0 Å². The van der Waals surface area contributed by atoms with Crippen LogP contribution in [0.25, 0.3) is 0 Å². The third-order valence-corrected chi connectivity index (χ3v) is 3.97. The first kappa shape index (κ1) is 16.7. The zero-order valence-electron chi connectivity index (χ0n) is 14.0. The van der Waals surface area contributed by atoms with Gasteiger partial charge in [-0.15, -0.1) is 0 Å². The largest absolute Gasteiger partial charge is 0.324 e. The molecule has 0 bridgehead atoms. The summed E-state index contributed by atoms with van der Waals surface area (Å²) in [6.45, 7) is 7.36. The van der Waals surface area contributed by atoms with E-state index in [2.05, 4.69) is 5.32 Å². The van der Waals surface area contributed by atoms with Crippen LogP contribution >= 0.6 is 0 Å². The second kappa shape index (κ2) is 7.09. The Balaban J connectivity index is 2.18. The molecule has 120 valence electrons. The molecule has 2 aromatic rings. The number of nitrogens with one attached hydrogen (secondary N) is 1. The molecular weight excluding hydrogens is 288 g/mol. The average Bonchev–Trinajstić information content (AvgIpc) is 2.50. The van der Waals surface area contributed by atoms with Crippen molar-refractivity contribution < 1.29 is 9.59 Å². The number of aryl methyl sites for hydroxylation is 2. The van der Waals surface area contributed by atoms with Gasteiger partial charge in [0.1, 0.15) is 6.54 Å². The molecule has 2 aromatic carbocycles. The van der Waals surface area contributed by atoms with E-state index in [0.717, 1.165) is 28.1 Å². The third kappa shape index (κ3) is 3.97. The Labute approximate surface area is 137 Å². The quantitative estimate of drug-likeness (QED) is 0.938. The zero-order chi connectivity index (χ0) is 17.0. The number of carbonyl (C=O) groups is 2. The molecule has 2 rings (SSSR count). The summed E-state index contributed by atoms with van der Waals surface area (Å²) < 4.78 is 0. The van der Waals surface area contributed by atoms with Crippen molar-refractivity contribution in [2.24, 2.45) is 0 Å². The second-order valence-electron chi connectivity index (χ2n) is 5.69. The van der Waals surface area contributed by atoms with Crippen LogP contribution in [0.1, 0.15) is 23.6 Å². The van der Waals surface area contributed by atoms with Crippen molar-refractivity contribution in [1.82, 2.24) is 0 Å². The highest BCUT2D eigenvalue weighted by molar-refractivity contribution is 6.02. The number of anilines is 2. The Morgan fingerprint density at radius 3 is 2.26 bits per heavy atom. The minimum Gasteiger partial charge on any atom is -0.324 e. The van der Waals surface area contributed by atoms with Gasteiger partial charge in [0.15, 0.2) is 0 Å². The van der Waals surface area contributed by atoms with Gasteiger partial charge < -0.3 is 10.2 Å². The lowest BCUT2D eigenvalue weighted by molar-refractivity contribution is -0.120. The van der Waals surface area contributed by atoms with E-state index < -0.39 is 0 Å². The van der Waals surface area contributed by atoms with Crippen LogP contribution in [-0.2, 0) is 9.59 Å². The van der Waals surface area contributed by atoms with Gasteiger partial charge in [-0.05, 0) is 49.6 Å². The summed E-state index contributed by atoms with van der Waals surface area (Å²) in [5, 5.41) is 2.89. The van der Waals surface area contributed by atoms with Crippen molar-refractivity contribution in [2.75, 3.05) is 16.8 Å². The Kier molecular flexibility index (Phi) is 5.16. The van der Waals surface area contributed by atoms with E-state index in [1.807, 2.05) is 63.2 Å². The maximum Gasteiger partial charge on any atom is 0.244 e. The molecule has 0 heterocycles. The molecular formula is C19H22N2O2. The van der Waals surface area contributed by atoms with Crippen molar-refractivity contribution >= 4 is 23.2 Å². The fourth-order valence-electron chi connectivity index (χ4n) is 2.45. The van der Waals surface area contributed by atoms with Crippen molar-refractivity contribution in [3.8, 4) is 0 Å². The van der Waals surface area contributed by atoms with Crippen LogP contribution in [0.5, 0.6) is 0 Å². The number of nitrogens with zero attached hydrogens (tertiary/aromatic N) is 1. The molecule has 0 spiro atoms. The van der Waals surface area contributed by atoms with Crippen LogP contribution in [0.15, 0.2) is 42.5 Å². The van der Waals surface area contributed by atoms with Gasteiger partial charge in [0, 0.05) is 18.3 Å². The summed E-state index contributed by atoms with van der Waals surface area (Å²) >= 11 is 0. The molecule has 0 fully saturated rings. The predicted octanol–water partition coefficient (Wildman–Crippen LogP) is 3.60. The molecule has 0 aliphatic rings. The normalized spacial score (nSPS) is 10.3. The fraction of sp³-hybridized carbons (Fsp3) is 0.263. The molecule has 0 unspecified atom stereocenters. The SMILES string of the molecule is CC(=O)N(CC(=O)Nc1cccc(C)c1C)c1ccccc1C. The summed E-state index contributed by atoms with van der Waals surface area (Å²) in [6, 6.07) is 13.3. The van der Waals surface area contributed by atoms with Crippen LogP contribution in [0.3, 0.4) is 0 Å². The van der Waals surface area contributed by atoms with Gasteiger partial charge in [-0.1, -0.05) is 30.3 Å². The van der Waals surface area contributed by atoms with E-state index >= 15 is 0 Å². The Hall–Kier alpha value is -2.62. The van der Waals surface area contributed by atoms with E-state index in [4.69, 9.17) is 0 Å². The number of amides is 2. The summed E-state index contributed by atoms with van der Waals surface area (Å²) in [5.41, 5.74) is 4.65. The highest BCUT2D eigenvalue weighted by Gasteiger charge is 2.17. The minimum absolute atomic E-state index is 0.00638. The van der Waals surface area contributed by atoms with Crippen LogP contribution in [0.4, 0.5) is 11.4 Å². The molecule has 4 heteroatoms. The molecule has 4 nitrogen and oxygen atoms in total. The van der Waals surface area contributed by atoms with Gasteiger partial charge in [-0.2, -0.15) is 0 Å². The highest BCUT2D eigenvalue weighted by atomic mass is 16.2. The molecule has 0 aliphatic heterocycles. The lowest BCUT2D eigenvalue weighted by Gasteiger charge is -2.22. The molecule has 0 saturated heterocycles. The second-order valence-corrected chi connectivity index (χ2v) is 5.69. The molecule has 0 atom stereocenters. The Morgan fingerprint density at radius 1 is 0.957 bits per heavy atom. The molecule has 1 N–H and O–H groups in total. The third-order valence-electron chi connectivity index (χ3n) is 3.97. The Morgan fingerprint density at radius 2 is 1.61 bits per heavy atom. The molecule has 0 saturated carbocycles. The van der Waals surface area contributed by atoms with Gasteiger partial charge in [0.05, 0.1) is 0 Å². The summed E-state index contributed by atoms with van der Waals surface area (Å²) in [5.74, 6) is -0.368. The standard InChI is InChI=1S/C19H22N2O2/c1-13-9-7-10-17(15(13)3)20-19(23)12-21(16(4)22)18-11-6-5-8-14(18)2/h5-11H,12H2,1-4H3,(H,20,23). The number of para-hydroxylation sites is 1. The van der Waals surface area contributed by atoms with Crippen molar-refractivity contribution in [1.29, 1.82) is 0 Å². The smallest absolute Gasteiger partial charge is 0.244 e. The minimum atomic E-state index is -0.211. The zero-order valence-corrected chi connectivity index (χ0v) is 14.0. The number of rotatable bonds is 4. The van der Waals surface area contributed by atoms with Crippen LogP contribution in [0, 0.1) is 20.8 Å². The maximum atomic E-state index is 12.4. The monoisotopic (exact) mass is 310 g/mol. The van der Waals surface area contributed by atoms with E-state index in [-0.39, 0.29) is 18.4 Å². The first-order valence-electron chi connectivity index (χ1n) is 7.60. The Bertz CT molecular complexity index is 738. The maximum absolute atomic E-state index is 12.4. The van der Waals surface area contributed by atoms with Gasteiger partial charge >= 0.3 is 0 Å². The number of hydrogen-bond acceptors (Lipinski definition) is 2. The van der Waals surface area contributed by atoms with Crippen LogP contribution < -0.4 is 10.2 Å². The van der Waals surface area contributed by atoms with Gasteiger partial charge in [0.2, 0.25) is 11.8 Å². The topological polar surface area (TPSA) is 49.4 Å². The molecule has 0 radical (unpaired) electrons. The molecule has 0 aliphatic carbocycles. The lowest BCUT2D eigenvalue weighted by Crippen LogP contribution is -2.37. The van der Waals surface area contributed by atoms with Gasteiger partial charge in [0.25, 0.3) is 0 Å². The number of hydrogen-bond donors (Lipinski definition) is 1. The van der Waals surface area contributed by atoms with Crippen molar-refractivity contribution in [2.45, 2.75) is 27.7 Å². The predicted molar refractivity (Wildman–Crippen MR) is 93.8 cm³/mol. The van der Waals surface area contributed by atoms with Crippen molar-refractivity contribution in [3.63, 3.8) is 0 Å². The van der Waals surface area contributed by atoms with E-state index in [9.17, 15) is 9.59 Å². The average molecular weight is 310 g/mol. The number of benzene rings is 2. The van der Waals surface area contributed by atoms with Crippen LogP contribution in [-0.4, -0.2) is 18.4 Å². The van der Waals surface area contributed by atoms with E-state index in [0.29, 0.717) is 0 Å².